The summed E-state index contributed by atoms with van der Waals surface area (Å²) in [5.41, 5.74) is 5.15. The van der Waals surface area contributed by atoms with E-state index in [-0.39, 0.29) is 17.4 Å². The van der Waals surface area contributed by atoms with Gasteiger partial charge in [0.05, 0.1) is 6.20 Å². The predicted molar refractivity (Wildman–Crippen MR) is 58.6 cm³/mol. The Kier molecular flexibility index (Phi) is 4.46. The largest absolute Gasteiger partial charge is 0.480 e. The Morgan fingerprint density at radius 1 is 1.47 bits per heavy atom. The number of nitrogens with two attached hydrogens (primary N) is 1. The van der Waals surface area contributed by atoms with Gasteiger partial charge in [-0.3, -0.25) is 9.89 Å². The molecule has 17 heavy (non-hydrogen) atoms. The minimum absolute atomic E-state index is 0.00926. The predicted octanol–water partition coefficient (Wildman–Crippen LogP) is -0.487. The van der Waals surface area contributed by atoms with Crippen LogP contribution in [-0.4, -0.2) is 44.9 Å². The number of rotatable bonds is 2. The zero-order valence-electron chi connectivity index (χ0n) is 9.01. The molecule has 2 heterocycles. The first-order valence-electron chi connectivity index (χ1n) is 5.00. The first-order chi connectivity index (χ1) is 8.02. The van der Waals surface area contributed by atoms with E-state index >= 15 is 0 Å². The van der Waals surface area contributed by atoms with E-state index in [1.54, 1.807) is 0 Å². The van der Waals surface area contributed by atoms with Crippen molar-refractivity contribution in [1.82, 2.24) is 15.5 Å². The highest BCUT2D eigenvalue weighted by atomic mass is 16.4. The fourth-order valence-corrected chi connectivity index (χ4v) is 1.36. The van der Waals surface area contributed by atoms with Gasteiger partial charge in [-0.1, -0.05) is 0 Å². The summed E-state index contributed by atoms with van der Waals surface area (Å²) in [5.74, 6) is -1.70. The maximum Gasteiger partial charge on any atom is 0.341 e. The van der Waals surface area contributed by atoms with Crippen molar-refractivity contribution in [3.63, 3.8) is 0 Å². The lowest BCUT2D eigenvalue weighted by Crippen LogP contribution is -2.29. The number of nitrogens with one attached hydrogen (secondary N) is 2. The molecule has 8 nitrogen and oxygen atoms in total. The van der Waals surface area contributed by atoms with Crippen LogP contribution in [-0.2, 0) is 4.79 Å². The van der Waals surface area contributed by atoms with Crippen molar-refractivity contribution in [2.75, 3.05) is 12.3 Å². The Hall–Kier alpha value is -2.09. The molecule has 0 amide bonds. The number of carboxylic acid groups (broad SMARTS) is 2. The van der Waals surface area contributed by atoms with Crippen LogP contribution in [0.5, 0.6) is 0 Å². The zero-order chi connectivity index (χ0) is 12.8. The summed E-state index contributed by atoms with van der Waals surface area (Å²) in [4.78, 5) is 20.3. The second-order valence-electron chi connectivity index (χ2n) is 3.49. The van der Waals surface area contributed by atoms with Gasteiger partial charge >= 0.3 is 11.9 Å². The van der Waals surface area contributed by atoms with E-state index in [0.29, 0.717) is 0 Å². The number of aromatic carboxylic acids is 1. The second-order valence-corrected chi connectivity index (χ2v) is 3.49. The van der Waals surface area contributed by atoms with Crippen LogP contribution in [0.3, 0.4) is 0 Å². The molecule has 0 radical (unpaired) electrons. The van der Waals surface area contributed by atoms with Gasteiger partial charge in [0, 0.05) is 0 Å². The normalized spacial score (nSPS) is 18.2. The fourth-order valence-electron chi connectivity index (χ4n) is 1.36. The van der Waals surface area contributed by atoms with Crippen LogP contribution >= 0.6 is 0 Å². The molecule has 1 aromatic heterocycles. The second kappa shape index (κ2) is 5.85. The molecule has 1 fully saturated rings. The van der Waals surface area contributed by atoms with Gasteiger partial charge in [-0.15, -0.1) is 0 Å². The number of carboxylic acids is 2. The lowest BCUT2D eigenvalue weighted by Gasteiger charge is -1.99. The summed E-state index contributed by atoms with van der Waals surface area (Å²) in [6, 6.07) is -0.269. The molecule has 1 atom stereocenters. The monoisotopic (exact) mass is 242 g/mol. The molecule has 2 rings (SSSR count). The standard InChI is InChI=1S/C5H9NO2.C4H5N3O2/c7-5(8)4-2-1-3-6-4;5-3-2(4(8)9)1-6-7-3/h4,6H,1-3H2,(H,7,8);1H,(H,8,9)(H3,5,6,7). The van der Waals surface area contributed by atoms with Gasteiger partial charge in [0.15, 0.2) is 0 Å². The molecule has 1 aliphatic heterocycles. The molecule has 1 unspecified atom stereocenters. The van der Waals surface area contributed by atoms with Gasteiger partial charge < -0.3 is 21.3 Å². The molecule has 1 aliphatic rings. The van der Waals surface area contributed by atoms with Gasteiger partial charge in [-0.05, 0) is 19.4 Å². The minimum atomic E-state index is -1.07. The summed E-state index contributed by atoms with van der Waals surface area (Å²) in [7, 11) is 0. The van der Waals surface area contributed by atoms with Gasteiger partial charge in [-0.25, -0.2) is 4.79 Å². The summed E-state index contributed by atoms with van der Waals surface area (Å²) >= 11 is 0. The first kappa shape index (κ1) is 13.0. The molecule has 1 aromatic rings. The number of aromatic nitrogens is 2. The topological polar surface area (TPSA) is 141 Å². The van der Waals surface area contributed by atoms with Crippen molar-refractivity contribution in [3.05, 3.63) is 11.8 Å². The molecule has 6 N–H and O–H groups in total. The van der Waals surface area contributed by atoms with Crippen molar-refractivity contribution in [3.8, 4) is 0 Å². The lowest BCUT2D eigenvalue weighted by molar-refractivity contribution is -0.139. The third kappa shape index (κ3) is 3.76. The van der Waals surface area contributed by atoms with E-state index < -0.39 is 11.9 Å². The smallest absolute Gasteiger partial charge is 0.341 e. The van der Waals surface area contributed by atoms with E-state index in [1.807, 2.05) is 0 Å². The molecular formula is C9H14N4O4. The van der Waals surface area contributed by atoms with E-state index in [2.05, 4.69) is 15.5 Å². The first-order valence-corrected chi connectivity index (χ1v) is 5.00. The SMILES string of the molecule is Nc1[nH]ncc1C(=O)O.O=C(O)C1CCCN1. The van der Waals surface area contributed by atoms with Crippen LogP contribution in [0.2, 0.25) is 0 Å². The minimum Gasteiger partial charge on any atom is -0.480 e. The number of aromatic amines is 1. The van der Waals surface area contributed by atoms with Crippen molar-refractivity contribution in [2.45, 2.75) is 18.9 Å². The van der Waals surface area contributed by atoms with Gasteiger partial charge in [0.25, 0.3) is 0 Å². The zero-order valence-corrected chi connectivity index (χ0v) is 9.01. The highest BCUT2D eigenvalue weighted by Gasteiger charge is 2.20. The number of hydrogen-bond donors (Lipinski definition) is 5. The molecule has 0 bridgehead atoms. The van der Waals surface area contributed by atoms with Crippen LogP contribution in [0.1, 0.15) is 23.2 Å². The van der Waals surface area contributed by atoms with Crippen LogP contribution in [0.25, 0.3) is 0 Å². The van der Waals surface area contributed by atoms with Crippen molar-refractivity contribution in [2.24, 2.45) is 0 Å². The molecule has 0 aromatic carbocycles. The third-order valence-corrected chi connectivity index (χ3v) is 2.26. The Morgan fingerprint density at radius 2 is 2.18 bits per heavy atom. The molecule has 0 aliphatic carbocycles. The Labute approximate surface area is 96.8 Å². The maximum atomic E-state index is 10.1. The number of aliphatic carboxylic acids is 1. The lowest BCUT2D eigenvalue weighted by atomic mass is 10.2. The quantitative estimate of drug-likeness (QED) is 0.471. The van der Waals surface area contributed by atoms with Gasteiger partial charge in [0.1, 0.15) is 17.4 Å². The molecular weight excluding hydrogens is 228 g/mol. The highest BCUT2D eigenvalue weighted by Crippen LogP contribution is 2.04. The van der Waals surface area contributed by atoms with Crippen LogP contribution < -0.4 is 11.1 Å². The summed E-state index contributed by atoms with van der Waals surface area (Å²) in [5, 5.41) is 25.2. The molecule has 94 valence electrons. The van der Waals surface area contributed by atoms with E-state index in [0.717, 1.165) is 25.6 Å². The Balaban J connectivity index is 0.000000171. The van der Waals surface area contributed by atoms with E-state index in [1.165, 1.54) is 0 Å². The van der Waals surface area contributed by atoms with E-state index in [9.17, 15) is 9.59 Å². The van der Waals surface area contributed by atoms with Gasteiger partial charge in [0.2, 0.25) is 0 Å². The van der Waals surface area contributed by atoms with E-state index in [4.69, 9.17) is 15.9 Å². The van der Waals surface area contributed by atoms with Crippen LogP contribution in [0.4, 0.5) is 5.82 Å². The molecule has 1 saturated heterocycles. The summed E-state index contributed by atoms with van der Waals surface area (Å²) in [6.07, 6.45) is 2.95. The third-order valence-electron chi connectivity index (χ3n) is 2.26. The average Bonchev–Trinajstić information content (AvgIpc) is 2.87. The summed E-state index contributed by atoms with van der Waals surface area (Å²) in [6.45, 7) is 0.858. The average molecular weight is 242 g/mol. The number of nitrogen functional groups attached to an aromatic ring is 1. The number of carbonyl (C=O) groups is 2. The highest BCUT2D eigenvalue weighted by molar-refractivity contribution is 5.92. The maximum absolute atomic E-state index is 10.1. The molecule has 8 heteroatoms. The number of anilines is 1. The van der Waals surface area contributed by atoms with Crippen molar-refractivity contribution < 1.29 is 19.8 Å². The van der Waals surface area contributed by atoms with Crippen molar-refractivity contribution in [1.29, 1.82) is 0 Å². The fraction of sp³-hybridized carbons (Fsp3) is 0.444. The number of H-pyrrole nitrogens is 1. The van der Waals surface area contributed by atoms with Crippen LogP contribution in [0.15, 0.2) is 6.20 Å². The van der Waals surface area contributed by atoms with Gasteiger partial charge in [-0.2, -0.15) is 5.10 Å². The number of nitrogens with zero attached hydrogens (tertiary/aromatic N) is 1. The summed E-state index contributed by atoms with van der Waals surface area (Å²) < 4.78 is 0. The number of hydrogen-bond acceptors (Lipinski definition) is 5. The molecule has 0 saturated carbocycles. The Bertz CT molecular complexity index is 397. The van der Waals surface area contributed by atoms with Crippen LogP contribution in [0, 0.1) is 0 Å². The Morgan fingerprint density at radius 3 is 2.41 bits per heavy atom. The molecule has 0 spiro atoms. The van der Waals surface area contributed by atoms with Crippen molar-refractivity contribution >= 4 is 17.8 Å².